The number of nitrogens with two attached hydrogens (primary N) is 1. The summed E-state index contributed by atoms with van der Waals surface area (Å²) in [5.41, 5.74) is 5.73. The lowest BCUT2D eigenvalue weighted by Crippen LogP contribution is -2.46. The van der Waals surface area contributed by atoms with E-state index in [0.29, 0.717) is 19.7 Å². The summed E-state index contributed by atoms with van der Waals surface area (Å²) in [5.74, 6) is 0. The Balaban J connectivity index is 2.54. The van der Waals surface area contributed by atoms with Crippen molar-refractivity contribution in [3.63, 3.8) is 0 Å². The molecule has 0 radical (unpaired) electrons. The Morgan fingerprint density at radius 2 is 2.00 bits per heavy atom. The number of nitrogens with zero attached hydrogens (tertiary/aromatic N) is 2. The first kappa shape index (κ1) is 13.9. The molecule has 16 heavy (non-hydrogen) atoms. The second-order valence-corrected chi connectivity index (χ2v) is 6.15. The van der Waals surface area contributed by atoms with Crippen LogP contribution in [0.2, 0.25) is 0 Å². The van der Waals surface area contributed by atoms with E-state index >= 15 is 0 Å². The summed E-state index contributed by atoms with van der Waals surface area (Å²) in [5, 5.41) is 0. The van der Waals surface area contributed by atoms with Crippen LogP contribution in [0.4, 0.5) is 0 Å². The van der Waals surface area contributed by atoms with Gasteiger partial charge in [0.05, 0.1) is 6.61 Å². The summed E-state index contributed by atoms with van der Waals surface area (Å²) in [7, 11) is -0.212. The van der Waals surface area contributed by atoms with E-state index in [9.17, 15) is 8.42 Å². The normalized spacial score (nSPS) is 20.5. The highest BCUT2D eigenvalue weighted by Gasteiger charge is 2.29. The SMILES string of the molecule is COCC(N)CN(C)S(=O)(=O)N1CCCC1. The monoisotopic (exact) mass is 251 g/mol. The van der Waals surface area contributed by atoms with Crippen molar-refractivity contribution in [1.82, 2.24) is 8.61 Å². The quantitative estimate of drug-likeness (QED) is 0.673. The molecule has 0 bridgehead atoms. The van der Waals surface area contributed by atoms with Crippen LogP contribution in [0.25, 0.3) is 0 Å². The Morgan fingerprint density at radius 1 is 1.44 bits per heavy atom. The molecule has 0 saturated carbocycles. The third-order valence-electron chi connectivity index (χ3n) is 2.66. The molecule has 6 nitrogen and oxygen atoms in total. The van der Waals surface area contributed by atoms with Gasteiger partial charge in [0.25, 0.3) is 10.2 Å². The molecule has 7 heteroatoms. The van der Waals surface area contributed by atoms with Gasteiger partial charge in [0, 0.05) is 39.8 Å². The molecule has 1 unspecified atom stereocenters. The van der Waals surface area contributed by atoms with Crippen LogP contribution in [0.1, 0.15) is 12.8 Å². The zero-order valence-electron chi connectivity index (χ0n) is 9.92. The fourth-order valence-electron chi connectivity index (χ4n) is 1.81. The smallest absolute Gasteiger partial charge is 0.281 e. The Bertz CT molecular complexity index is 301. The lowest BCUT2D eigenvalue weighted by Gasteiger charge is -2.25. The molecular weight excluding hydrogens is 230 g/mol. The minimum atomic E-state index is -3.32. The molecular formula is C9H21N3O3S. The van der Waals surface area contributed by atoms with Crippen molar-refractivity contribution in [2.24, 2.45) is 5.73 Å². The van der Waals surface area contributed by atoms with E-state index in [2.05, 4.69) is 0 Å². The van der Waals surface area contributed by atoms with E-state index in [0.717, 1.165) is 12.8 Å². The molecule has 1 saturated heterocycles. The van der Waals surface area contributed by atoms with Gasteiger partial charge in [0.2, 0.25) is 0 Å². The van der Waals surface area contributed by atoms with Crippen molar-refractivity contribution < 1.29 is 13.2 Å². The minimum Gasteiger partial charge on any atom is -0.383 e. The molecule has 0 spiro atoms. The number of methoxy groups -OCH3 is 1. The number of hydrogen-bond acceptors (Lipinski definition) is 4. The molecule has 1 aliphatic heterocycles. The summed E-state index contributed by atoms with van der Waals surface area (Å²) in [6.07, 6.45) is 1.88. The van der Waals surface area contributed by atoms with Crippen molar-refractivity contribution in [3.05, 3.63) is 0 Å². The van der Waals surface area contributed by atoms with E-state index in [1.165, 1.54) is 8.61 Å². The van der Waals surface area contributed by atoms with Gasteiger partial charge in [-0.25, -0.2) is 0 Å². The average Bonchev–Trinajstić information content (AvgIpc) is 2.70. The average molecular weight is 251 g/mol. The van der Waals surface area contributed by atoms with Crippen molar-refractivity contribution in [1.29, 1.82) is 0 Å². The largest absolute Gasteiger partial charge is 0.383 e. The number of ether oxygens (including phenoxy) is 1. The van der Waals surface area contributed by atoms with Crippen LogP contribution < -0.4 is 5.73 Å². The van der Waals surface area contributed by atoms with Gasteiger partial charge in [0.1, 0.15) is 0 Å². The molecule has 0 aromatic carbocycles. The molecule has 0 aliphatic carbocycles. The Hall–Kier alpha value is -0.210. The molecule has 96 valence electrons. The molecule has 0 aromatic rings. The van der Waals surface area contributed by atoms with Crippen molar-refractivity contribution in [2.45, 2.75) is 18.9 Å². The van der Waals surface area contributed by atoms with Crippen LogP contribution in [0.15, 0.2) is 0 Å². The standard InChI is InChI=1S/C9H21N3O3S/c1-11(7-9(10)8-15-2)16(13,14)12-5-3-4-6-12/h9H,3-8,10H2,1-2H3. The maximum absolute atomic E-state index is 12.0. The lowest BCUT2D eigenvalue weighted by molar-refractivity contribution is 0.172. The third kappa shape index (κ3) is 3.39. The second-order valence-electron chi connectivity index (χ2n) is 4.11. The highest BCUT2D eigenvalue weighted by atomic mass is 32.2. The summed E-state index contributed by atoms with van der Waals surface area (Å²) in [4.78, 5) is 0. The van der Waals surface area contributed by atoms with Gasteiger partial charge in [-0.3, -0.25) is 0 Å². The van der Waals surface area contributed by atoms with Gasteiger partial charge in [0.15, 0.2) is 0 Å². The summed E-state index contributed by atoms with van der Waals surface area (Å²) < 4.78 is 31.8. The van der Waals surface area contributed by atoms with E-state index in [4.69, 9.17) is 10.5 Å². The minimum absolute atomic E-state index is 0.284. The maximum Gasteiger partial charge on any atom is 0.281 e. The van der Waals surface area contributed by atoms with Crippen LogP contribution in [-0.4, -0.2) is 63.5 Å². The number of likely N-dealkylation sites (N-methyl/N-ethyl adjacent to an activating group) is 1. The molecule has 1 aliphatic rings. The zero-order valence-corrected chi connectivity index (χ0v) is 10.7. The van der Waals surface area contributed by atoms with Crippen LogP contribution in [0.3, 0.4) is 0 Å². The van der Waals surface area contributed by atoms with Crippen LogP contribution >= 0.6 is 0 Å². The highest BCUT2D eigenvalue weighted by Crippen LogP contribution is 2.15. The van der Waals surface area contributed by atoms with Gasteiger partial charge in [-0.2, -0.15) is 17.0 Å². The first-order valence-corrected chi connectivity index (χ1v) is 6.84. The van der Waals surface area contributed by atoms with Crippen molar-refractivity contribution in [2.75, 3.05) is 40.4 Å². The molecule has 0 aromatic heterocycles. The van der Waals surface area contributed by atoms with Crippen LogP contribution in [0, 0.1) is 0 Å². The Morgan fingerprint density at radius 3 is 2.50 bits per heavy atom. The van der Waals surface area contributed by atoms with E-state index in [1.807, 2.05) is 0 Å². The lowest BCUT2D eigenvalue weighted by atomic mass is 10.3. The molecule has 0 amide bonds. The molecule has 1 atom stereocenters. The van der Waals surface area contributed by atoms with Gasteiger partial charge >= 0.3 is 0 Å². The van der Waals surface area contributed by atoms with E-state index in [1.54, 1.807) is 14.2 Å². The van der Waals surface area contributed by atoms with Crippen molar-refractivity contribution in [3.8, 4) is 0 Å². The van der Waals surface area contributed by atoms with E-state index < -0.39 is 10.2 Å². The third-order valence-corrected chi connectivity index (χ3v) is 4.61. The second kappa shape index (κ2) is 5.92. The first-order valence-electron chi connectivity index (χ1n) is 5.44. The van der Waals surface area contributed by atoms with Crippen LogP contribution in [0.5, 0.6) is 0 Å². The highest BCUT2D eigenvalue weighted by molar-refractivity contribution is 7.86. The fourth-order valence-corrected chi connectivity index (χ4v) is 3.30. The zero-order chi connectivity index (χ0) is 12.2. The Labute approximate surface area is 97.5 Å². The van der Waals surface area contributed by atoms with Crippen LogP contribution in [-0.2, 0) is 14.9 Å². The summed E-state index contributed by atoms with van der Waals surface area (Å²) in [6, 6.07) is -0.285. The van der Waals surface area contributed by atoms with Gasteiger partial charge in [-0.15, -0.1) is 0 Å². The molecule has 1 rings (SSSR count). The first-order chi connectivity index (χ1) is 7.48. The fraction of sp³-hybridized carbons (Fsp3) is 1.00. The number of rotatable bonds is 6. The number of hydrogen-bond donors (Lipinski definition) is 1. The predicted octanol–water partition coefficient (Wildman–Crippen LogP) is -0.767. The molecule has 2 N–H and O–H groups in total. The van der Waals surface area contributed by atoms with Gasteiger partial charge < -0.3 is 10.5 Å². The molecule has 1 fully saturated rings. The Kier molecular flexibility index (Phi) is 5.13. The summed E-state index contributed by atoms with van der Waals surface area (Å²) in [6.45, 7) is 1.88. The topological polar surface area (TPSA) is 75.9 Å². The maximum atomic E-state index is 12.0. The van der Waals surface area contributed by atoms with E-state index in [-0.39, 0.29) is 12.6 Å². The van der Waals surface area contributed by atoms with Gasteiger partial charge in [-0.05, 0) is 12.8 Å². The van der Waals surface area contributed by atoms with Crippen molar-refractivity contribution >= 4 is 10.2 Å². The molecule has 1 heterocycles. The summed E-state index contributed by atoms with van der Waals surface area (Å²) >= 11 is 0. The van der Waals surface area contributed by atoms with Gasteiger partial charge in [-0.1, -0.05) is 0 Å². The predicted molar refractivity (Wildman–Crippen MR) is 62.2 cm³/mol.